The van der Waals surface area contributed by atoms with E-state index in [1.165, 1.54) is 6.07 Å². The van der Waals surface area contributed by atoms with Gasteiger partial charge in [0.1, 0.15) is 0 Å². The van der Waals surface area contributed by atoms with E-state index in [0.717, 1.165) is 0 Å². The van der Waals surface area contributed by atoms with E-state index in [1.54, 1.807) is 6.07 Å². The van der Waals surface area contributed by atoms with Gasteiger partial charge in [-0.1, -0.05) is 15.9 Å². The highest BCUT2D eigenvalue weighted by Crippen LogP contribution is 2.11. The van der Waals surface area contributed by atoms with E-state index in [4.69, 9.17) is 5.11 Å². The quantitative estimate of drug-likeness (QED) is 0.705. The molecule has 0 aliphatic rings. The van der Waals surface area contributed by atoms with E-state index in [0.29, 0.717) is 10.2 Å². The van der Waals surface area contributed by atoms with Crippen LogP contribution in [0.5, 0.6) is 0 Å². The van der Waals surface area contributed by atoms with Crippen LogP contribution in [0.4, 0.5) is 4.39 Å². The summed E-state index contributed by atoms with van der Waals surface area (Å²) in [6, 6.07) is 2.79. The molecule has 1 aromatic rings. The van der Waals surface area contributed by atoms with Gasteiger partial charge in [-0.05, 0) is 6.07 Å². The molecule has 0 atom stereocenters. The van der Waals surface area contributed by atoms with Crippen LogP contribution in [0.3, 0.4) is 0 Å². The number of aliphatic hydroxyl groups excluding tert-OH is 1. The van der Waals surface area contributed by atoms with Crippen molar-refractivity contribution >= 4 is 15.9 Å². The summed E-state index contributed by atoms with van der Waals surface area (Å²) < 4.78 is 12.9. The van der Waals surface area contributed by atoms with Gasteiger partial charge in [0.15, 0.2) is 0 Å². The molecule has 0 spiro atoms. The molecule has 0 saturated carbocycles. The molecule has 0 amide bonds. The largest absolute Gasteiger partial charge is 0.390 e. The molecular weight excluding hydrogens is 201 g/mol. The van der Waals surface area contributed by atoms with E-state index in [2.05, 4.69) is 20.9 Å². The van der Waals surface area contributed by atoms with Crippen LogP contribution in [0, 0.1) is 5.95 Å². The van der Waals surface area contributed by atoms with Crippen molar-refractivity contribution in [3.63, 3.8) is 0 Å². The van der Waals surface area contributed by atoms with Gasteiger partial charge in [0.05, 0.1) is 12.3 Å². The third-order valence-electron chi connectivity index (χ3n) is 0.974. The molecule has 0 unspecified atom stereocenters. The maximum absolute atomic E-state index is 12.4. The normalized spacial score (nSPS) is 9.90. The van der Waals surface area contributed by atoms with Crippen molar-refractivity contribution in [1.29, 1.82) is 0 Å². The summed E-state index contributed by atoms with van der Waals surface area (Å²) in [6.07, 6.45) is 0. The topological polar surface area (TPSA) is 33.1 Å². The summed E-state index contributed by atoms with van der Waals surface area (Å²) in [4.78, 5) is 3.41. The van der Waals surface area contributed by atoms with E-state index in [1.807, 2.05) is 0 Å². The lowest BCUT2D eigenvalue weighted by Gasteiger charge is -1.95. The van der Waals surface area contributed by atoms with Crippen molar-refractivity contribution in [1.82, 2.24) is 4.98 Å². The first-order chi connectivity index (χ1) is 4.72. The second kappa shape index (κ2) is 3.07. The first-order valence-corrected chi connectivity index (χ1v) is 3.44. The number of hydrogen-bond acceptors (Lipinski definition) is 2. The zero-order chi connectivity index (χ0) is 7.56. The molecule has 0 bridgehead atoms. The van der Waals surface area contributed by atoms with E-state index in [-0.39, 0.29) is 6.61 Å². The first kappa shape index (κ1) is 7.63. The van der Waals surface area contributed by atoms with Gasteiger partial charge in [-0.15, -0.1) is 0 Å². The van der Waals surface area contributed by atoms with Crippen LogP contribution in [0.1, 0.15) is 5.69 Å². The number of hydrogen-bond donors (Lipinski definition) is 1. The predicted octanol–water partition coefficient (Wildman–Crippen LogP) is 1.48. The van der Waals surface area contributed by atoms with Crippen LogP contribution in [-0.2, 0) is 6.61 Å². The van der Waals surface area contributed by atoms with Gasteiger partial charge in [0.2, 0.25) is 5.95 Å². The zero-order valence-corrected chi connectivity index (χ0v) is 6.60. The summed E-state index contributed by atoms with van der Waals surface area (Å²) >= 11 is 3.06. The number of pyridine rings is 1. The predicted molar refractivity (Wildman–Crippen MR) is 37.8 cm³/mol. The number of halogens is 2. The zero-order valence-electron chi connectivity index (χ0n) is 5.01. The van der Waals surface area contributed by atoms with Crippen LogP contribution >= 0.6 is 15.9 Å². The minimum atomic E-state index is -0.585. The Hall–Kier alpha value is -0.480. The number of rotatable bonds is 1. The molecule has 0 radical (unpaired) electrons. The molecule has 1 heterocycles. The smallest absolute Gasteiger partial charge is 0.214 e. The molecule has 10 heavy (non-hydrogen) atoms. The molecule has 1 rings (SSSR count). The average Bonchev–Trinajstić information content (AvgIpc) is 1.85. The molecule has 0 fully saturated rings. The molecule has 0 aliphatic heterocycles. The van der Waals surface area contributed by atoms with Crippen LogP contribution in [0.15, 0.2) is 16.6 Å². The molecule has 1 N–H and O–H groups in total. The molecule has 54 valence electrons. The van der Waals surface area contributed by atoms with Crippen LogP contribution in [0.25, 0.3) is 0 Å². The Balaban J connectivity index is 3.06. The van der Waals surface area contributed by atoms with Crippen molar-refractivity contribution in [2.24, 2.45) is 0 Å². The van der Waals surface area contributed by atoms with Crippen molar-refractivity contribution in [3.05, 3.63) is 28.2 Å². The Kier molecular flexibility index (Phi) is 2.34. The number of aromatic nitrogens is 1. The Morgan fingerprint density at radius 1 is 1.60 bits per heavy atom. The fourth-order valence-electron chi connectivity index (χ4n) is 0.597. The standard InChI is InChI=1S/C6H5BrFNO/c7-4-1-5(3-10)9-6(8)2-4/h1-2,10H,3H2. The Morgan fingerprint density at radius 3 is 2.80 bits per heavy atom. The summed E-state index contributed by atoms with van der Waals surface area (Å²) in [5.41, 5.74) is 0.326. The fourth-order valence-corrected chi connectivity index (χ4v) is 1.05. The highest BCUT2D eigenvalue weighted by atomic mass is 79.9. The van der Waals surface area contributed by atoms with Crippen molar-refractivity contribution in [3.8, 4) is 0 Å². The van der Waals surface area contributed by atoms with Crippen molar-refractivity contribution < 1.29 is 9.50 Å². The summed E-state index contributed by atoms with van der Waals surface area (Å²) in [7, 11) is 0. The Morgan fingerprint density at radius 2 is 2.30 bits per heavy atom. The van der Waals surface area contributed by atoms with Gasteiger partial charge >= 0.3 is 0 Å². The highest BCUT2D eigenvalue weighted by molar-refractivity contribution is 9.10. The molecule has 4 heteroatoms. The average molecular weight is 206 g/mol. The van der Waals surface area contributed by atoms with E-state index >= 15 is 0 Å². The lowest BCUT2D eigenvalue weighted by molar-refractivity contribution is 0.275. The number of nitrogens with zero attached hydrogens (tertiary/aromatic N) is 1. The Bertz CT molecular complexity index is 221. The SMILES string of the molecule is OCc1cc(Br)cc(F)n1. The van der Waals surface area contributed by atoms with Crippen molar-refractivity contribution in [2.75, 3.05) is 0 Å². The monoisotopic (exact) mass is 205 g/mol. The van der Waals surface area contributed by atoms with E-state index in [9.17, 15) is 4.39 Å². The molecular formula is C6H5BrFNO. The molecule has 0 saturated heterocycles. The molecule has 0 aromatic carbocycles. The maximum atomic E-state index is 12.4. The number of aliphatic hydroxyl groups is 1. The fraction of sp³-hybridized carbons (Fsp3) is 0.167. The molecule has 2 nitrogen and oxygen atoms in total. The minimum Gasteiger partial charge on any atom is -0.390 e. The maximum Gasteiger partial charge on any atom is 0.214 e. The highest BCUT2D eigenvalue weighted by Gasteiger charge is 1.97. The van der Waals surface area contributed by atoms with Gasteiger partial charge in [-0.2, -0.15) is 4.39 Å². The van der Waals surface area contributed by atoms with Gasteiger partial charge < -0.3 is 5.11 Å². The van der Waals surface area contributed by atoms with Crippen molar-refractivity contribution in [2.45, 2.75) is 6.61 Å². The van der Waals surface area contributed by atoms with Crippen LogP contribution in [-0.4, -0.2) is 10.1 Å². The molecule has 1 aromatic heterocycles. The lowest BCUT2D eigenvalue weighted by atomic mass is 10.4. The van der Waals surface area contributed by atoms with Crippen LogP contribution in [0.2, 0.25) is 0 Å². The summed E-state index contributed by atoms with van der Waals surface area (Å²) in [5.74, 6) is -0.585. The second-order valence-corrected chi connectivity index (χ2v) is 2.67. The Labute approximate surface area is 65.8 Å². The first-order valence-electron chi connectivity index (χ1n) is 2.65. The van der Waals surface area contributed by atoms with Gasteiger partial charge in [-0.3, -0.25) is 0 Å². The summed E-state index contributed by atoms with van der Waals surface area (Å²) in [5, 5.41) is 8.54. The molecule has 0 aliphatic carbocycles. The summed E-state index contributed by atoms with van der Waals surface area (Å²) in [6.45, 7) is -0.240. The minimum absolute atomic E-state index is 0.240. The van der Waals surface area contributed by atoms with Gasteiger partial charge in [-0.25, -0.2) is 4.98 Å². The van der Waals surface area contributed by atoms with E-state index < -0.39 is 5.95 Å². The third-order valence-corrected chi connectivity index (χ3v) is 1.43. The van der Waals surface area contributed by atoms with Gasteiger partial charge in [0.25, 0.3) is 0 Å². The lowest BCUT2D eigenvalue weighted by Crippen LogP contribution is -1.91. The third kappa shape index (κ3) is 1.75. The van der Waals surface area contributed by atoms with Gasteiger partial charge in [0, 0.05) is 10.5 Å². The second-order valence-electron chi connectivity index (χ2n) is 1.76. The van der Waals surface area contributed by atoms with Crippen LogP contribution < -0.4 is 0 Å².